The first kappa shape index (κ1) is 16.9. The Morgan fingerprint density at radius 3 is 2.75 bits per heavy atom. The van der Waals surface area contributed by atoms with Crippen LogP contribution in [0.3, 0.4) is 0 Å². The number of alkyl halides is 2. The quantitative estimate of drug-likeness (QED) is 0.697. The highest BCUT2D eigenvalue weighted by atomic mass is 19.3. The van der Waals surface area contributed by atoms with E-state index in [-0.39, 0.29) is 24.8 Å². The van der Waals surface area contributed by atoms with Gasteiger partial charge < -0.3 is 4.90 Å². The Labute approximate surface area is 158 Å². The SMILES string of the molecule is N#CC1CCN(c2ccnn3cc(-c4cnn(C5CC(F)(F)C5)c4)cc23)C1=O. The Bertz CT molecular complexity index is 1120. The average Bonchev–Trinajstić information content (AvgIpc) is 3.36. The van der Waals surface area contributed by atoms with Gasteiger partial charge in [0.2, 0.25) is 5.91 Å². The first-order chi connectivity index (χ1) is 13.4. The van der Waals surface area contributed by atoms with Crippen LogP contribution in [0.2, 0.25) is 0 Å². The molecular weight excluding hydrogens is 366 g/mol. The number of hydrogen-bond donors (Lipinski definition) is 0. The molecule has 3 aromatic rings. The minimum atomic E-state index is -2.59. The second kappa shape index (κ2) is 5.86. The number of nitrogens with zero attached hydrogens (tertiary/aromatic N) is 6. The monoisotopic (exact) mass is 382 g/mol. The lowest BCUT2D eigenvalue weighted by Crippen LogP contribution is -2.37. The molecule has 5 rings (SSSR count). The third kappa shape index (κ3) is 2.56. The van der Waals surface area contributed by atoms with Gasteiger partial charge in [-0.05, 0) is 18.6 Å². The largest absolute Gasteiger partial charge is 0.309 e. The molecule has 1 unspecified atom stereocenters. The molecule has 1 saturated heterocycles. The molecule has 1 aliphatic carbocycles. The van der Waals surface area contributed by atoms with Gasteiger partial charge in [-0.25, -0.2) is 13.3 Å². The van der Waals surface area contributed by atoms with E-state index in [1.165, 1.54) is 0 Å². The second-order valence-electron chi connectivity index (χ2n) is 7.36. The van der Waals surface area contributed by atoms with Gasteiger partial charge in [0.1, 0.15) is 5.92 Å². The molecule has 2 fully saturated rings. The first-order valence-corrected chi connectivity index (χ1v) is 9.06. The zero-order valence-electron chi connectivity index (χ0n) is 14.8. The van der Waals surface area contributed by atoms with Crippen molar-refractivity contribution in [2.45, 2.75) is 31.2 Å². The summed E-state index contributed by atoms with van der Waals surface area (Å²) in [5.41, 5.74) is 3.08. The van der Waals surface area contributed by atoms with Gasteiger partial charge in [0, 0.05) is 49.1 Å². The van der Waals surface area contributed by atoms with Crippen LogP contribution in [0.15, 0.2) is 36.9 Å². The topological polar surface area (TPSA) is 79.2 Å². The van der Waals surface area contributed by atoms with E-state index in [1.54, 1.807) is 38.8 Å². The van der Waals surface area contributed by atoms with Crippen LogP contribution >= 0.6 is 0 Å². The molecule has 142 valence electrons. The average molecular weight is 382 g/mol. The molecule has 0 bridgehead atoms. The Hall–Kier alpha value is -3.28. The highest BCUT2D eigenvalue weighted by Crippen LogP contribution is 2.45. The van der Waals surface area contributed by atoms with Crippen molar-refractivity contribution in [1.29, 1.82) is 5.26 Å². The summed E-state index contributed by atoms with van der Waals surface area (Å²) in [6.45, 7) is 0.491. The van der Waals surface area contributed by atoms with Crippen molar-refractivity contribution in [2.24, 2.45) is 5.92 Å². The van der Waals surface area contributed by atoms with Crippen LogP contribution in [0.1, 0.15) is 25.3 Å². The molecule has 0 N–H and O–H groups in total. The number of fused-ring (bicyclic) bond motifs is 1. The first-order valence-electron chi connectivity index (χ1n) is 9.06. The molecule has 0 spiro atoms. The summed E-state index contributed by atoms with van der Waals surface area (Å²) in [5, 5.41) is 17.6. The summed E-state index contributed by atoms with van der Waals surface area (Å²) in [7, 11) is 0. The Balaban J connectivity index is 1.47. The highest BCUT2D eigenvalue weighted by molar-refractivity contribution is 6.02. The number of nitriles is 1. The summed E-state index contributed by atoms with van der Waals surface area (Å²) in [6.07, 6.45) is 6.98. The minimum Gasteiger partial charge on any atom is -0.309 e. The van der Waals surface area contributed by atoms with E-state index in [0.29, 0.717) is 18.7 Å². The van der Waals surface area contributed by atoms with Crippen molar-refractivity contribution in [2.75, 3.05) is 11.4 Å². The van der Waals surface area contributed by atoms with Crippen LogP contribution in [0.25, 0.3) is 16.6 Å². The Kier molecular flexibility index (Phi) is 3.53. The van der Waals surface area contributed by atoms with E-state index in [0.717, 1.165) is 16.6 Å². The van der Waals surface area contributed by atoms with Crippen LogP contribution in [0.4, 0.5) is 14.5 Å². The fraction of sp³-hybridized carbons (Fsp3) is 0.368. The zero-order valence-corrected chi connectivity index (χ0v) is 14.8. The van der Waals surface area contributed by atoms with E-state index in [1.807, 2.05) is 18.3 Å². The number of anilines is 1. The van der Waals surface area contributed by atoms with Gasteiger partial charge in [0.05, 0.1) is 29.5 Å². The molecule has 1 saturated carbocycles. The van der Waals surface area contributed by atoms with Crippen molar-refractivity contribution in [1.82, 2.24) is 19.4 Å². The van der Waals surface area contributed by atoms with Gasteiger partial charge in [0.15, 0.2) is 0 Å². The molecule has 3 aromatic heterocycles. The molecule has 4 heterocycles. The molecule has 9 heteroatoms. The van der Waals surface area contributed by atoms with E-state index in [2.05, 4.69) is 10.2 Å². The van der Waals surface area contributed by atoms with Crippen LogP contribution in [-0.4, -0.2) is 37.8 Å². The maximum Gasteiger partial charge on any atom is 0.252 e. The van der Waals surface area contributed by atoms with Gasteiger partial charge in [-0.15, -0.1) is 0 Å². The van der Waals surface area contributed by atoms with Crippen LogP contribution in [0.5, 0.6) is 0 Å². The lowest BCUT2D eigenvalue weighted by atomic mass is 9.88. The minimum absolute atomic E-state index is 0.186. The van der Waals surface area contributed by atoms with E-state index in [9.17, 15) is 13.6 Å². The lowest BCUT2D eigenvalue weighted by Gasteiger charge is -2.34. The predicted molar refractivity (Wildman–Crippen MR) is 95.7 cm³/mol. The molecule has 1 atom stereocenters. The Morgan fingerprint density at radius 1 is 1.21 bits per heavy atom. The lowest BCUT2D eigenvalue weighted by molar-refractivity contribution is -0.119. The maximum absolute atomic E-state index is 13.1. The maximum atomic E-state index is 13.1. The van der Waals surface area contributed by atoms with Gasteiger partial charge in [-0.3, -0.25) is 9.48 Å². The number of halogens is 2. The number of amides is 1. The Morgan fingerprint density at radius 2 is 2.04 bits per heavy atom. The number of rotatable bonds is 3. The van der Waals surface area contributed by atoms with E-state index in [4.69, 9.17) is 5.26 Å². The zero-order chi connectivity index (χ0) is 19.5. The fourth-order valence-corrected chi connectivity index (χ4v) is 3.93. The smallest absolute Gasteiger partial charge is 0.252 e. The highest BCUT2D eigenvalue weighted by Gasteiger charge is 2.46. The molecule has 0 radical (unpaired) electrons. The van der Waals surface area contributed by atoms with Gasteiger partial charge in [0.25, 0.3) is 5.92 Å². The van der Waals surface area contributed by atoms with E-state index >= 15 is 0 Å². The number of aromatic nitrogens is 4. The van der Waals surface area contributed by atoms with Gasteiger partial charge in [-0.2, -0.15) is 15.5 Å². The number of hydrogen-bond acceptors (Lipinski definition) is 4. The summed E-state index contributed by atoms with van der Waals surface area (Å²) in [6, 6.07) is 5.42. The van der Waals surface area contributed by atoms with Crippen molar-refractivity contribution < 1.29 is 13.6 Å². The molecule has 7 nitrogen and oxygen atoms in total. The molecule has 1 aliphatic heterocycles. The normalized spacial score (nSPS) is 21.8. The summed E-state index contributed by atoms with van der Waals surface area (Å²) in [5.74, 6) is -3.40. The summed E-state index contributed by atoms with van der Waals surface area (Å²) < 4.78 is 29.5. The molecule has 1 amide bonds. The summed E-state index contributed by atoms with van der Waals surface area (Å²) in [4.78, 5) is 14.0. The summed E-state index contributed by atoms with van der Waals surface area (Å²) >= 11 is 0. The molecule has 2 aliphatic rings. The van der Waals surface area contributed by atoms with Crippen molar-refractivity contribution >= 4 is 17.1 Å². The van der Waals surface area contributed by atoms with Crippen LogP contribution in [0, 0.1) is 17.2 Å². The number of carbonyl (C=O) groups excluding carboxylic acids is 1. The molecular formula is C19H16F2N6O. The van der Waals surface area contributed by atoms with Crippen LogP contribution < -0.4 is 4.90 Å². The van der Waals surface area contributed by atoms with Gasteiger partial charge in [-0.1, -0.05) is 0 Å². The van der Waals surface area contributed by atoms with Crippen LogP contribution in [-0.2, 0) is 4.79 Å². The van der Waals surface area contributed by atoms with E-state index < -0.39 is 11.8 Å². The molecule has 28 heavy (non-hydrogen) atoms. The fourth-order valence-electron chi connectivity index (χ4n) is 3.93. The standard InChI is InChI=1S/C19H16F2N6O/c20-19(21)6-15(7-19)26-11-14(9-24-26)13-5-17-16(1-3-23-27(17)10-13)25-4-2-12(8-22)18(25)28/h1,3,5,9-12,15H,2,4,6-7H2. The van der Waals surface area contributed by atoms with Crippen molar-refractivity contribution in [3.63, 3.8) is 0 Å². The van der Waals surface area contributed by atoms with Crippen molar-refractivity contribution in [3.05, 3.63) is 36.9 Å². The molecule has 0 aromatic carbocycles. The third-order valence-electron chi connectivity index (χ3n) is 5.52. The second-order valence-corrected chi connectivity index (χ2v) is 7.36. The third-order valence-corrected chi connectivity index (χ3v) is 5.52. The number of carbonyl (C=O) groups is 1. The van der Waals surface area contributed by atoms with Crippen molar-refractivity contribution in [3.8, 4) is 17.2 Å². The predicted octanol–water partition coefficient (Wildman–Crippen LogP) is 3.04. The van der Waals surface area contributed by atoms with Gasteiger partial charge >= 0.3 is 0 Å².